The van der Waals surface area contributed by atoms with E-state index in [0.29, 0.717) is 29.4 Å². The van der Waals surface area contributed by atoms with Crippen LogP contribution in [0.15, 0.2) is 65.0 Å². The van der Waals surface area contributed by atoms with Crippen molar-refractivity contribution in [3.63, 3.8) is 0 Å². The summed E-state index contributed by atoms with van der Waals surface area (Å²) in [6, 6.07) is 12.8. The first-order chi connectivity index (χ1) is 17.0. The molecule has 0 radical (unpaired) electrons. The minimum atomic E-state index is -0.501. The van der Waals surface area contributed by atoms with E-state index in [0.717, 1.165) is 16.9 Å². The zero-order valence-electron chi connectivity index (χ0n) is 19.1. The van der Waals surface area contributed by atoms with Crippen LogP contribution in [-0.4, -0.2) is 32.0 Å². The molecule has 0 atom stereocenters. The molecule has 0 aliphatic carbocycles. The minimum Gasteiger partial charge on any atom is -0.497 e. The Hall–Kier alpha value is -4.31. The number of aryl methyl sites for hydroxylation is 3. The Morgan fingerprint density at radius 3 is 2.71 bits per heavy atom. The van der Waals surface area contributed by atoms with Crippen LogP contribution in [0.3, 0.4) is 0 Å². The number of hydrogen-bond acceptors (Lipinski definition) is 7. The standard InChI is InChI=1S/C25H22N6O3S/c1-15-4-3-11-31-21(15)28-22-19(24(31)33)14-18(23(32)29-25-27-10-13-35-25)20(26)30(22)12-9-16-5-7-17(34-2)8-6-16/h3-8,10-11,13-14,26H,9,12H2,1-2H3,(H,27,29,32). The van der Waals surface area contributed by atoms with Crippen LogP contribution in [0.5, 0.6) is 5.75 Å². The Morgan fingerprint density at radius 2 is 2.00 bits per heavy atom. The zero-order valence-corrected chi connectivity index (χ0v) is 19.9. The van der Waals surface area contributed by atoms with Crippen molar-refractivity contribution in [2.45, 2.75) is 19.9 Å². The molecule has 4 heterocycles. The van der Waals surface area contributed by atoms with Crippen molar-refractivity contribution < 1.29 is 9.53 Å². The number of carbonyl (C=O) groups is 1. The number of nitrogens with one attached hydrogen (secondary N) is 2. The van der Waals surface area contributed by atoms with Crippen LogP contribution in [0.2, 0.25) is 0 Å². The van der Waals surface area contributed by atoms with Gasteiger partial charge in [-0.15, -0.1) is 11.3 Å². The molecule has 0 saturated carbocycles. The third kappa shape index (κ3) is 4.19. The van der Waals surface area contributed by atoms with Gasteiger partial charge in [-0.1, -0.05) is 18.2 Å². The number of nitrogens with zero attached hydrogens (tertiary/aromatic N) is 4. The van der Waals surface area contributed by atoms with Crippen molar-refractivity contribution in [3.05, 3.63) is 92.8 Å². The number of pyridine rings is 2. The van der Waals surface area contributed by atoms with Gasteiger partial charge in [0.2, 0.25) is 0 Å². The van der Waals surface area contributed by atoms with Crippen LogP contribution in [0.4, 0.5) is 5.13 Å². The van der Waals surface area contributed by atoms with Gasteiger partial charge in [-0.2, -0.15) is 0 Å². The Balaban J connectivity index is 1.67. The fourth-order valence-corrected chi connectivity index (χ4v) is 4.49. The van der Waals surface area contributed by atoms with Gasteiger partial charge in [-0.05, 0) is 48.7 Å². The number of benzene rings is 1. The highest BCUT2D eigenvalue weighted by molar-refractivity contribution is 7.13. The number of hydrogen-bond donors (Lipinski definition) is 2. The van der Waals surface area contributed by atoms with Crippen molar-refractivity contribution in [3.8, 4) is 5.75 Å². The molecule has 0 aliphatic rings. The number of thiazole rings is 1. The van der Waals surface area contributed by atoms with Crippen LogP contribution in [0, 0.1) is 12.3 Å². The van der Waals surface area contributed by atoms with Gasteiger partial charge in [-0.3, -0.25) is 24.7 Å². The van der Waals surface area contributed by atoms with Crippen molar-refractivity contribution in [1.82, 2.24) is 18.9 Å². The molecule has 1 amide bonds. The zero-order chi connectivity index (χ0) is 24.5. The maximum atomic E-state index is 13.4. The highest BCUT2D eigenvalue weighted by Gasteiger charge is 2.18. The molecule has 0 saturated heterocycles. The van der Waals surface area contributed by atoms with Crippen LogP contribution in [0.25, 0.3) is 16.7 Å². The summed E-state index contributed by atoms with van der Waals surface area (Å²) in [7, 11) is 1.61. The maximum absolute atomic E-state index is 13.4. The lowest BCUT2D eigenvalue weighted by Crippen LogP contribution is -2.32. The fourth-order valence-electron chi connectivity index (χ4n) is 3.97. The third-order valence-electron chi connectivity index (χ3n) is 5.81. The molecule has 0 aliphatic heterocycles. The molecule has 9 nitrogen and oxygen atoms in total. The normalized spacial score (nSPS) is 11.1. The molecule has 5 rings (SSSR count). The van der Waals surface area contributed by atoms with E-state index in [9.17, 15) is 9.59 Å². The predicted octanol–water partition coefficient (Wildman–Crippen LogP) is 3.40. The molecule has 5 aromatic rings. The lowest BCUT2D eigenvalue weighted by atomic mass is 10.1. The molecule has 0 unspecified atom stereocenters. The van der Waals surface area contributed by atoms with Gasteiger partial charge in [0.15, 0.2) is 5.13 Å². The second-order valence-corrected chi connectivity index (χ2v) is 8.88. The summed E-state index contributed by atoms with van der Waals surface area (Å²) in [6.07, 6.45) is 3.81. The van der Waals surface area contributed by atoms with Crippen LogP contribution in [0.1, 0.15) is 21.5 Å². The summed E-state index contributed by atoms with van der Waals surface area (Å²) in [6.45, 7) is 2.24. The Kier molecular flexibility index (Phi) is 5.87. The molecule has 4 aromatic heterocycles. The summed E-state index contributed by atoms with van der Waals surface area (Å²) in [4.78, 5) is 35.4. The number of carbonyl (C=O) groups excluding carboxylic acids is 1. The molecule has 0 spiro atoms. The summed E-state index contributed by atoms with van der Waals surface area (Å²) < 4.78 is 8.33. The van der Waals surface area contributed by atoms with E-state index in [2.05, 4.69) is 10.3 Å². The van der Waals surface area contributed by atoms with Crippen LogP contribution in [-0.2, 0) is 13.0 Å². The average Bonchev–Trinajstić information content (AvgIpc) is 3.37. The van der Waals surface area contributed by atoms with Gasteiger partial charge in [0, 0.05) is 24.3 Å². The Bertz CT molecular complexity index is 1670. The number of methoxy groups -OCH3 is 1. The number of ether oxygens (including phenoxy) is 1. The number of fused-ring (bicyclic) bond motifs is 2. The Labute approximate surface area is 203 Å². The molecular weight excluding hydrogens is 464 g/mol. The van der Waals surface area contributed by atoms with E-state index < -0.39 is 5.91 Å². The quantitative estimate of drug-likeness (QED) is 0.357. The van der Waals surface area contributed by atoms with Gasteiger partial charge in [0.1, 0.15) is 22.5 Å². The van der Waals surface area contributed by atoms with Gasteiger partial charge >= 0.3 is 0 Å². The molecule has 1 aromatic carbocycles. The topological polar surface area (TPSA) is 114 Å². The summed E-state index contributed by atoms with van der Waals surface area (Å²) >= 11 is 1.28. The van der Waals surface area contributed by atoms with Crippen molar-refractivity contribution in [2.75, 3.05) is 12.4 Å². The largest absolute Gasteiger partial charge is 0.497 e. The smallest absolute Gasteiger partial charge is 0.267 e. The number of rotatable bonds is 6. The van der Waals surface area contributed by atoms with Crippen LogP contribution >= 0.6 is 11.3 Å². The average molecular weight is 487 g/mol. The van der Waals surface area contributed by atoms with Crippen molar-refractivity contribution in [2.24, 2.45) is 0 Å². The molecule has 176 valence electrons. The number of anilines is 1. The number of aromatic nitrogens is 4. The molecule has 10 heteroatoms. The van der Waals surface area contributed by atoms with E-state index in [-0.39, 0.29) is 22.0 Å². The maximum Gasteiger partial charge on any atom is 0.267 e. The van der Waals surface area contributed by atoms with Crippen molar-refractivity contribution in [1.29, 1.82) is 5.41 Å². The second-order valence-electron chi connectivity index (χ2n) is 7.99. The fraction of sp³-hybridized carbons (Fsp3) is 0.160. The molecule has 35 heavy (non-hydrogen) atoms. The molecule has 0 fully saturated rings. The Morgan fingerprint density at radius 1 is 1.20 bits per heavy atom. The lowest BCUT2D eigenvalue weighted by Gasteiger charge is -2.15. The van der Waals surface area contributed by atoms with Gasteiger partial charge < -0.3 is 9.30 Å². The van der Waals surface area contributed by atoms with Crippen molar-refractivity contribution >= 4 is 39.1 Å². The highest BCUT2D eigenvalue weighted by Crippen LogP contribution is 2.17. The van der Waals surface area contributed by atoms with Gasteiger partial charge in [-0.25, -0.2) is 9.97 Å². The predicted molar refractivity (Wildman–Crippen MR) is 134 cm³/mol. The van der Waals surface area contributed by atoms with E-state index in [1.807, 2.05) is 37.3 Å². The van der Waals surface area contributed by atoms with E-state index in [1.54, 1.807) is 35.5 Å². The monoisotopic (exact) mass is 486 g/mol. The summed E-state index contributed by atoms with van der Waals surface area (Å²) in [5.74, 6) is 0.254. The molecular formula is C25H22N6O3S. The SMILES string of the molecule is COc1ccc(CCn2c(=N)c(C(=O)Nc3nccs3)cc3c(=O)n4cccc(C)c4nc32)cc1. The van der Waals surface area contributed by atoms with Gasteiger partial charge in [0.25, 0.3) is 11.5 Å². The molecule has 2 N–H and O–H groups in total. The first-order valence-corrected chi connectivity index (χ1v) is 11.8. The van der Waals surface area contributed by atoms with Gasteiger partial charge in [0.05, 0.1) is 18.1 Å². The lowest BCUT2D eigenvalue weighted by molar-refractivity contribution is 0.102. The molecule has 0 bridgehead atoms. The van der Waals surface area contributed by atoms with E-state index >= 15 is 0 Å². The first-order valence-electron chi connectivity index (χ1n) is 10.9. The van der Waals surface area contributed by atoms with Crippen LogP contribution < -0.4 is 21.1 Å². The highest BCUT2D eigenvalue weighted by atomic mass is 32.1. The van der Waals surface area contributed by atoms with E-state index in [4.69, 9.17) is 15.1 Å². The number of amides is 1. The first kappa shape index (κ1) is 22.5. The third-order valence-corrected chi connectivity index (χ3v) is 6.50. The second kappa shape index (κ2) is 9.15. The van der Waals surface area contributed by atoms with E-state index in [1.165, 1.54) is 21.8 Å². The summed E-state index contributed by atoms with van der Waals surface area (Å²) in [5.41, 5.74) is 2.51. The minimum absolute atomic E-state index is 0.0232. The summed E-state index contributed by atoms with van der Waals surface area (Å²) in [5, 5.41) is 14.0.